The van der Waals surface area contributed by atoms with Crippen LogP contribution in [-0.4, -0.2) is 31.3 Å². The molecule has 0 aromatic heterocycles. The maximum absolute atomic E-state index is 10.8. The van der Waals surface area contributed by atoms with Crippen molar-refractivity contribution in [1.29, 1.82) is 0 Å². The molecule has 0 saturated heterocycles. The van der Waals surface area contributed by atoms with Crippen LogP contribution < -0.4 is 10.1 Å². The van der Waals surface area contributed by atoms with Crippen molar-refractivity contribution in [3.63, 3.8) is 0 Å². The maximum Gasteiger partial charge on any atom is 0.270 e. The molecule has 0 fully saturated rings. The van der Waals surface area contributed by atoms with Gasteiger partial charge >= 0.3 is 0 Å². The molecule has 1 aromatic rings. The molecule has 1 N–H and O–H groups in total. The first-order valence-electron chi connectivity index (χ1n) is 6.20. The lowest BCUT2D eigenvalue weighted by Gasteiger charge is -2.15. The van der Waals surface area contributed by atoms with Gasteiger partial charge in [0.15, 0.2) is 0 Å². The highest BCUT2D eigenvalue weighted by Gasteiger charge is 2.12. The maximum atomic E-state index is 10.8. The number of nitro groups is 1. The molecule has 0 bridgehead atoms. The molecule has 1 rings (SSSR count). The fraction of sp³-hybridized carbons (Fsp3) is 0.538. The number of rotatable bonds is 8. The minimum atomic E-state index is -0.410. The SMILES string of the molecule is CCOCC(C)NCc1cc([N+](=O)[O-])ccc1OC. The second kappa shape index (κ2) is 7.70. The molecule has 106 valence electrons. The van der Waals surface area contributed by atoms with Crippen molar-refractivity contribution in [2.24, 2.45) is 0 Å². The Bertz CT molecular complexity index is 423. The number of non-ortho nitro benzene ring substituents is 1. The highest BCUT2D eigenvalue weighted by molar-refractivity contribution is 5.43. The zero-order valence-corrected chi connectivity index (χ0v) is 11.5. The normalized spacial score (nSPS) is 12.2. The number of benzene rings is 1. The van der Waals surface area contributed by atoms with Gasteiger partial charge in [0.25, 0.3) is 5.69 Å². The van der Waals surface area contributed by atoms with E-state index in [2.05, 4.69) is 5.32 Å². The van der Waals surface area contributed by atoms with Gasteiger partial charge < -0.3 is 14.8 Å². The monoisotopic (exact) mass is 268 g/mol. The summed E-state index contributed by atoms with van der Waals surface area (Å²) in [5, 5.41) is 14.0. The molecule has 0 spiro atoms. The van der Waals surface area contributed by atoms with E-state index in [0.29, 0.717) is 25.5 Å². The van der Waals surface area contributed by atoms with E-state index in [-0.39, 0.29) is 11.7 Å². The Labute approximate surface area is 112 Å². The molecule has 0 aliphatic heterocycles. The van der Waals surface area contributed by atoms with Gasteiger partial charge in [-0.1, -0.05) is 0 Å². The predicted octanol–water partition coefficient (Wildman–Crippen LogP) is 2.12. The number of methoxy groups -OCH3 is 1. The Morgan fingerprint density at radius 2 is 2.21 bits per heavy atom. The summed E-state index contributed by atoms with van der Waals surface area (Å²) in [6.45, 7) is 5.72. The fourth-order valence-electron chi connectivity index (χ4n) is 1.65. The highest BCUT2D eigenvalue weighted by Crippen LogP contribution is 2.23. The first-order chi connectivity index (χ1) is 9.08. The molecule has 6 nitrogen and oxygen atoms in total. The summed E-state index contributed by atoms with van der Waals surface area (Å²) in [6, 6.07) is 4.75. The average molecular weight is 268 g/mol. The second-order valence-electron chi connectivity index (χ2n) is 4.19. The molecular weight excluding hydrogens is 248 g/mol. The van der Waals surface area contributed by atoms with E-state index in [1.165, 1.54) is 12.1 Å². The van der Waals surface area contributed by atoms with Crippen LogP contribution in [0.3, 0.4) is 0 Å². The number of ether oxygens (including phenoxy) is 2. The molecule has 0 saturated carbocycles. The second-order valence-corrected chi connectivity index (χ2v) is 4.19. The number of nitrogens with zero attached hydrogens (tertiary/aromatic N) is 1. The van der Waals surface area contributed by atoms with Gasteiger partial charge in [-0.05, 0) is 19.9 Å². The van der Waals surface area contributed by atoms with Crippen LogP contribution in [0.2, 0.25) is 0 Å². The summed E-state index contributed by atoms with van der Waals surface area (Å²) in [5.74, 6) is 0.640. The van der Waals surface area contributed by atoms with Crippen molar-refractivity contribution < 1.29 is 14.4 Å². The molecule has 0 amide bonds. The summed E-state index contributed by atoms with van der Waals surface area (Å²) in [7, 11) is 1.55. The van der Waals surface area contributed by atoms with Gasteiger partial charge in [-0.15, -0.1) is 0 Å². The van der Waals surface area contributed by atoms with Crippen molar-refractivity contribution in [2.45, 2.75) is 26.4 Å². The van der Waals surface area contributed by atoms with E-state index in [1.54, 1.807) is 13.2 Å². The summed E-state index contributed by atoms with van der Waals surface area (Å²) < 4.78 is 10.5. The molecule has 1 atom stereocenters. The quantitative estimate of drug-likeness (QED) is 0.577. The minimum Gasteiger partial charge on any atom is -0.496 e. The van der Waals surface area contributed by atoms with Gasteiger partial charge in [0.2, 0.25) is 0 Å². The fourth-order valence-corrected chi connectivity index (χ4v) is 1.65. The Morgan fingerprint density at radius 3 is 2.79 bits per heavy atom. The number of hydrogen-bond donors (Lipinski definition) is 1. The first-order valence-corrected chi connectivity index (χ1v) is 6.20. The Morgan fingerprint density at radius 1 is 1.47 bits per heavy atom. The van der Waals surface area contributed by atoms with Crippen molar-refractivity contribution in [1.82, 2.24) is 5.32 Å². The van der Waals surface area contributed by atoms with Gasteiger partial charge in [-0.25, -0.2) is 0 Å². The van der Waals surface area contributed by atoms with Gasteiger partial charge in [-0.2, -0.15) is 0 Å². The van der Waals surface area contributed by atoms with Crippen LogP contribution in [0.5, 0.6) is 5.75 Å². The number of hydrogen-bond acceptors (Lipinski definition) is 5. The van der Waals surface area contributed by atoms with Crippen molar-refractivity contribution in [3.8, 4) is 5.75 Å². The lowest BCUT2D eigenvalue weighted by Crippen LogP contribution is -2.30. The lowest BCUT2D eigenvalue weighted by molar-refractivity contribution is -0.384. The molecule has 6 heteroatoms. The van der Waals surface area contributed by atoms with Gasteiger partial charge in [0.05, 0.1) is 18.6 Å². The minimum absolute atomic E-state index is 0.0649. The topological polar surface area (TPSA) is 73.6 Å². The molecule has 0 radical (unpaired) electrons. The van der Waals surface area contributed by atoms with Gasteiger partial charge in [-0.3, -0.25) is 10.1 Å². The van der Waals surface area contributed by atoms with Crippen molar-refractivity contribution in [3.05, 3.63) is 33.9 Å². The summed E-state index contributed by atoms with van der Waals surface area (Å²) >= 11 is 0. The largest absolute Gasteiger partial charge is 0.496 e. The molecule has 1 unspecified atom stereocenters. The zero-order valence-electron chi connectivity index (χ0n) is 11.5. The Hall–Kier alpha value is -1.66. The summed E-state index contributed by atoms with van der Waals surface area (Å²) in [4.78, 5) is 10.3. The summed E-state index contributed by atoms with van der Waals surface area (Å²) in [5.41, 5.74) is 0.829. The van der Waals surface area contributed by atoms with E-state index in [0.717, 1.165) is 5.56 Å². The molecule has 0 aliphatic carbocycles. The van der Waals surface area contributed by atoms with Gasteiger partial charge in [0.1, 0.15) is 5.75 Å². The third-order valence-corrected chi connectivity index (χ3v) is 2.69. The van der Waals surface area contributed by atoms with Crippen LogP contribution in [0, 0.1) is 10.1 Å². The third-order valence-electron chi connectivity index (χ3n) is 2.69. The van der Waals surface area contributed by atoms with Crippen LogP contribution in [-0.2, 0) is 11.3 Å². The standard InChI is InChI=1S/C13H20N2O4/c1-4-19-9-10(2)14-8-11-7-12(15(16)17)5-6-13(11)18-3/h5-7,10,14H,4,8-9H2,1-3H3. The number of nitrogens with one attached hydrogen (secondary N) is 1. The molecule has 0 heterocycles. The number of nitro benzene ring substituents is 1. The molecular formula is C13H20N2O4. The molecule has 1 aromatic carbocycles. The first kappa shape index (κ1) is 15.4. The highest BCUT2D eigenvalue weighted by atomic mass is 16.6. The van der Waals surface area contributed by atoms with E-state index in [4.69, 9.17) is 9.47 Å². The summed E-state index contributed by atoms with van der Waals surface area (Å²) in [6.07, 6.45) is 0. The van der Waals surface area contributed by atoms with E-state index < -0.39 is 4.92 Å². The third kappa shape index (κ3) is 4.84. The Balaban J connectivity index is 2.69. The van der Waals surface area contributed by atoms with Crippen LogP contribution in [0.4, 0.5) is 5.69 Å². The van der Waals surface area contributed by atoms with Crippen molar-refractivity contribution in [2.75, 3.05) is 20.3 Å². The Kier molecular flexibility index (Phi) is 6.24. The average Bonchev–Trinajstić information content (AvgIpc) is 2.42. The van der Waals surface area contributed by atoms with E-state index in [1.807, 2.05) is 13.8 Å². The zero-order chi connectivity index (χ0) is 14.3. The predicted molar refractivity (Wildman–Crippen MR) is 72.4 cm³/mol. The van der Waals surface area contributed by atoms with Crippen molar-refractivity contribution >= 4 is 5.69 Å². The van der Waals surface area contributed by atoms with E-state index in [9.17, 15) is 10.1 Å². The van der Waals surface area contributed by atoms with Crippen LogP contribution in [0.15, 0.2) is 18.2 Å². The lowest BCUT2D eigenvalue weighted by atomic mass is 10.1. The molecule has 19 heavy (non-hydrogen) atoms. The van der Waals surface area contributed by atoms with E-state index >= 15 is 0 Å². The smallest absolute Gasteiger partial charge is 0.270 e. The molecule has 0 aliphatic rings. The van der Waals surface area contributed by atoms with Crippen LogP contribution >= 0.6 is 0 Å². The van der Waals surface area contributed by atoms with Gasteiger partial charge in [0, 0.05) is 36.9 Å². The van der Waals surface area contributed by atoms with Crippen LogP contribution in [0.25, 0.3) is 0 Å². The van der Waals surface area contributed by atoms with Crippen LogP contribution in [0.1, 0.15) is 19.4 Å².